The molecule has 8 heteroatoms. The van der Waals surface area contributed by atoms with Crippen molar-refractivity contribution < 1.29 is 19.1 Å². The first-order valence-electron chi connectivity index (χ1n) is 9.02. The standard InChI is InChI=1S/C22H19N3O4S/c1-13-4-6-17(14(2)10-13)25-21(27)16(20(26)24-22(25)30)11-15-5-7-18(29-9-8-23)19(12-15)28-3/h4-7,10-12H,9H2,1-3H3,(H,24,26,30)/b16-11+. The number of ether oxygens (including phenoxy) is 2. The molecule has 2 aromatic carbocycles. The van der Waals surface area contributed by atoms with Gasteiger partial charge in [-0.1, -0.05) is 23.8 Å². The van der Waals surface area contributed by atoms with Gasteiger partial charge in [-0.25, -0.2) is 0 Å². The first-order valence-corrected chi connectivity index (χ1v) is 9.43. The number of carbonyl (C=O) groups excluding carboxylic acids is 2. The molecule has 7 nitrogen and oxygen atoms in total. The fourth-order valence-electron chi connectivity index (χ4n) is 3.10. The van der Waals surface area contributed by atoms with Crippen LogP contribution in [0.25, 0.3) is 6.08 Å². The molecule has 0 aromatic heterocycles. The number of nitrogens with zero attached hydrogens (tertiary/aromatic N) is 2. The summed E-state index contributed by atoms with van der Waals surface area (Å²) in [5.41, 5.74) is 3.03. The van der Waals surface area contributed by atoms with E-state index in [2.05, 4.69) is 5.32 Å². The summed E-state index contributed by atoms with van der Waals surface area (Å²) in [6.07, 6.45) is 1.46. The lowest BCUT2D eigenvalue weighted by Crippen LogP contribution is -2.54. The molecule has 0 aliphatic carbocycles. The quantitative estimate of drug-likeness (QED) is 0.453. The van der Waals surface area contributed by atoms with Gasteiger partial charge in [0.2, 0.25) is 0 Å². The minimum Gasteiger partial charge on any atom is -0.493 e. The van der Waals surface area contributed by atoms with E-state index < -0.39 is 11.8 Å². The second-order valence-electron chi connectivity index (χ2n) is 6.60. The molecule has 0 unspecified atom stereocenters. The molecule has 0 bridgehead atoms. The van der Waals surface area contributed by atoms with E-state index in [1.54, 1.807) is 24.3 Å². The molecule has 1 heterocycles. The van der Waals surface area contributed by atoms with Crippen LogP contribution in [-0.2, 0) is 9.59 Å². The van der Waals surface area contributed by atoms with Crippen molar-refractivity contribution in [1.82, 2.24) is 5.32 Å². The van der Waals surface area contributed by atoms with Crippen molar-refractivity contribution in [1.29, 1.82) is 5.26 Å². The molecule has 30 heavy (non-hydrogen) atoms. The zero-order chi connectivity index (χ0) is 21.8. The van der Waals surface area contributed by atoms with E-state index in [0.717, 1.165) is 11.1 Å². The Hall–Kier alpha value is -3.70. The van der Waals surface area contributed by atoms with Gasteiger partial charge in [-0.05, 0) is 61.5 Å². The SMILES string of the molecule is COc1cc(/C=C2\C(=O)NC(=S)N(c3ccc(C)cc3C)C2=O)ccc1OCC#N. The maximum absolute atomic E-state index is 13.2. The third-order valence-corrected chi connectivity index (χ3v) is 4.77. The Kier molecular flexibility index (Phi) is 6.14. The topological polar surface area (TPSA) is 91.7 Å². The predicted molar refractivity (Wildman–Crippen MR) is 116 cm³/mol. The molecule has 1 N–H and O–H groups in total. The summed E-state index contributed by atoms with van der Waals surface area (Å²) < 4.78 is 10.6. The van der Waals surface area contributed by atoms with Crippen LogP contribution in [0.3, 0.4) is 0 Å². The number of nitrogens with one attached hydrogen (secondary N) is 1. The van der Waals surface area contributed by atoms with E-state index in [-0.39, 0.29) is 17.3 Å². The number of thiocarbonyl (C=S) groups is 1. The number of benzene rings is 2. The smallest absolute Gasteiger partial charge is 0.270 e. The fourth-order valence-corrected chi connectivity index (χ4v) is 3.38. The average Bonchev–Trinajstić information content (AvgIpc) is 2.71. The van der Waals surface area contributed by atoms with Crippen LogP contribution >= 0.6 is 12.2 Å². The fraction of sp³-hybridized carbons (Fsp3) is 0.182. The number of aryl methyl sites for hydroxylation is 2. The number of hydrogen-bond donors (Lipinski definition) is 1. The van der Waals surface area contributed by atoms with E-state index in [1.165, 1.54) is 18.1 Å². The molecule has 0 spiro atoms. The number of rotatable bonds is 5. The highest BCUT2D eigenvalue weighted by Gasteiger charge is 2.35. The van der Waals surface area contributed by atoms with Crippen molar-refractivity contribution in [3.8, 4) is 17.6 Å². The third-order valence-electron chi connectivity index (χ3n) is 4.49. The summed E-state index contributed by atoms with van der Waals surface area (Å²) in [4.78, 5) is 27.0. The summed E-state index contributed by atoms with van der Waals surface area (Å²) >= 11 is 5.25. The molecule has 2 amide bonds. The maximum Gasteiger partial charge on any atom is 0.270 e. The minimum atomic E-state index is -0.574. The van der Waals surface area contributed by atoms with Crippen LogP contribution in [0.1, 0.15) is 16.7 Å². The van der Waals surface area contributed by atoms with Crippen molar-refractivity contribution in [2.75, 3.05) is 18.6 Å². The normalized spacial score (nSPS) is 15.1. The van der Waals surface area contributed by atoms with Crippen molar-refractivity contribution in [2.24, 2.45) is 0 Å². The predicted octanol–water partition coefficient (Wildman–Crippen LogP) is 3.05. The van der Waals surface area contributed by atoms with Crippen molar-refractivity contribution in [2.45, 2.75) is 13.8 Å². The molecule has 3 rings (SSSR count). The number of carbonyl (C=O) groups is 2. The monoisotopic (exact) mass is 421 g/mol. The Morgan fingerprint density at radius 3 is 2.60 bits per heavy atom. The summed E-state index contributed by atoms with van der Waals surface area (Å²) in [6.45, 7) is 3.71. The van der Waals surface area contributed by atoms with E-state index >= 15 is 0 Å². The molecule has 152 valence electrons. The van der Waals surface area contributed by atoms with E-state index in [1.807, 2.05) is 32.0 Å². The van der Waals surface area contributed by atoms with Crippen LogP contribution in [0.15, 0.2) is 42.0 Å². The van der Waals surface area contributed by atoms with Crippen LogP contribution in [0, 0.1) is 25.2 Å². The lowest BCUT2D eigenvalue weighted by molar-refractivity contribution is -0.122. The lowest BCUT2D eigenvalue weighted by atomic mass is 10.0. The molecule has 1 saturated heterocycles. The van der Waals surface area contributed by atoms with Crippen molar-refractivity contribution >= 4 is 40.9 Å². The largest absolute Gasteiger partial charge is 0.493 e. The highest BCUT2D eigenvalue weighted by atomic mass is 32.1. The second kappa shape index (κ2) is 8.76. The Morgan fingerprint density at radius 1 is 1.17 bits per heavy atom. The van der Waals surface area contributed by atoms with Crippen LogP contribution < -0.4 is 19.7 Å². The Morgan fingerprint density at radius 2 is 1.93 bits per heavy atom. The molecule has 1 aliphatic heterocycles. The molecule has 0 atom stereocenters. The van der Waals surface area contributed by atoms with Gasteiger partial charge in [0, 0.05) is 0 Å². The third kappa shape index (κ3) is 4.16. The Labute approximate surface area is 179 Å². The van der Waals surface area contributed by atoms with Gasteiger partial charge >= 0.3 is 0 Å². The van der Waals surface area contributed by atoms with Gasteiger partial charge in [-0.3, -0.25) is 19.8 Å². The molecular weight excluding hydrogens is 402 g/mol. The first kappa shape index (κ1) is 21.0. The zero-order valence-corrected chi connectivity index (χ0v) is 17.5. The van der Waals surface area contributed by atoms with Crippen LogP contribution in [0.4, 0.5) is 5.69 Å². The minimum absolute atomic E-state index is 0.0342. The number of nitriles is 1. The van der Waals surface area contributed by atoms with Crippen LogP contribution in [-0.4, -0.2) is 30.6 Å². The number of hydrogen-bond acceptors (Lipinski definition) is 6. The highest BCUT2D eigenvalue weighted by Crippen LogP contribution is 2.30. The van der Waals surface area contributed by atoms with Crippen LogP contribution in [0.5, 0.6) is 11.5 Å². The first-order chi connectivity index (χ1) is 14.3. The van der Waals surface area contributed by atoms with E-state index in [9.17, 15) is 9.59 Å². The second-order valence-corrected chi connectivity index (χ2v) is 6.99. The Bertz CT molecular complexity index is 1120. The molecule has 1 fully saturated rings. The Balaban J connectivity index is 1.99. The zero-order valence-electron chi connectivity index (χ0n) is 16.7. The highest BCUT2D eigenvalue weighted by molar-refractivity contribution is 7.80. The molecule has 0 radical (unpaired) electrons. The van der Waals surface area contributed by atoms with Crippen molar-refractivity contribution in [3.63, 3.8) is 0 Å². The molecular formula is C22H19N3O4S. The summed E-state index contributed by atoms with van der Waals surface area (Å²) in [5.74, 6) is -0.321. The van der Waals surface area contributed by atoms with E-state index in [4.69, 9.17) is 27.0 Å². The number of anilines is 1. The van der Waals surface area contributed by atoms with Crippen molar-refractivity contribution in [3.05, 3.63) is 58.7 Å². The van der Waals surface area contributed by atoms with Gasteiger partial charge in [0.1, 0.15) is 11.6 Å². The summed E-state index contributed by atoms with van der Waals surface area (Å²) in [6, 6.07) is 12.4. The van der Waals surface area contributed by atoms with Gasteiger partial charge in [0.15, 0.2) is 23.2 Å². The van der Waals surface area contributed by atoms with Gasteiger partial charge in [-0.2, -0.15) is 5.26 Å². The molecule has 1 aliphatic rings. The number of amides is 2. The summed E-state index contributed by atoms with van der Waals surface area (Å²) in [7, 11) is 1.46. The van der Waals surface area contributed by atoms with Gasteiger partial charge in [-0.15, -0.1) is 0 Å². The van der Waals surface area contributed by atoms with Gasteiger partial charge < -0.3 is 9.47 Å². The molecule has 2 aromatic rings. The van der Waals surface area contributed by atoms with Crippen LogP contribution in [0.2, 0.25) is 0 Å². The average molecular weight is 421 g/mol. The maximum atomic E-state index is 13.2. The number of methoxy groups -OCH3 is 1. The summed E-state index contributed by atoms with van der Waals surface area (Å²) in [5, 5.41) is 11.3. The van der Waals surface area contributed by atoms with Gasteiger partial charge in [0.05, 0.1) is 12.8 Å². The molecule has 0 saturated carbocycles. The van der Waals surface area contributed by atoms with E-state index in [0.29, 0.717) is 22.7 Å². The van der Waals surface area contributed by atoms with Gasteiger partial charge in [0.25, 0.3) is 11.8 Å². The lowest BCUT2D eigenvalue weighted by Gasteiger charge is -2.30.